The van der Waals surface area contributed by atoms with E-state index in [9.17, 15) is 0 Å². The molecule has 1 aromatic rings. The second kappa shape index (κ2) is 2.52. The summed E-state index contributed by atoms with van der Waals surface area (Å²) in [6.45, 7) is 3.59. The fourth-order valence-corrected chi connectivity index (χ4v) is 0.403. The Hall–Kier alpha value is -0.995. The Morgan fingerprint density at radius 3 is 2.11 bits per heavy atom. The van der Waals surface area contributed by atoms with Crippen LogP contribution < -0.4 is 5.72 Å². The predicted octanol–water partition coefficient (Wildman–Crippen LogP) is -1.05. The van der Waals surface area contributed by atoms with Crippen molar-refractivity contribution < 1.29 is 0 Å². The molecule has 0 aliphatic carbocycles. The summed E-state index contributed by atoms with van der Waals surface area (Å²) in [5.41, 5.74) is 0.570. The minimum absolute atomic E-state index is 0.570. The molecule has 1 heterocycles. The van der Waals surface area contributed by atoms with Gasteiger partial charge in [0.25, 0.3) is 0 Å². The maximum absolute atomic E-state index is 3.72. The van der Waals surface area contributed by atoms with E-state index in [0.29, 0.717) is 11.5 Å². The predicted molar refractivity (Wildman–Crippen MR) is 33.6 cm³/mol. The van der Waals surface area contributed by atoms with E-state index in [-0.39, 0.29) is 0 Å². The Morgan fingerprint density at radius 1 is 1.11 bits per heavy atom. The molecule has 1 radical (unpaired) electrons. The highest BCUT2D eigenvalue weighted by atomic mass is 15.3. The topological polar surface area (TPSA) is 51.6 Å². The van der Waals surface area contributed by atoms with Gasteiger partial charge in [-0.25, -0.2) is 0 Å². The van der Waals surface area contributed by atoms with Crippen LogP contribution in [0.5, 0.6) is 0 Å². The van der Waals surface area contributed by atoms with Crippen molar-refractivity contribution in [2.24, 2.45) is 0 Å². The summed E-state index contributed by atoms with van der Waals surface area (Å²) in [5.74, 6) is 0.598. The van der Waals surface area contributed by atoms with Gasteiger partial charge in [-0.1, -0.05) is 6.82 Å². The van der Waals surface area contributed by atoms with Crippen molar-refractivity contribution in [3.05, 3.63) is 5.82 Å². The van der Waals surface area contributed by atoms with Gasteiger partial charge in [-0.3, -0.25) is 0 Å². The van der Waals surface area contributed by atoms with E-state index < -0.39 is 0 Å². The fourth-order valence-electron chi connectivity index (χ4n) is 0.403. The van der Waals surface area contributed by atoms with Gasteiger partial charge in [0.15, 0.2) is 5.82 Å². The number of aromatic nitrogens is 4. The zero-order chi connectivity index (χ0) is 6.69. The molecule has 0 saturated heterocycles. The number of hydrogen-bond acceptors (Lipinski definition) is 4. The van der Waals surface area contributed by atoms with Gasteiger partial charge in [0.1, 0.15) is 5.72 Å². The molecule has 0 atom stereocenters. The van der Waals surface area contributed by atoms with Crippen molar-refractivity contribution >= 4 is 13.0 Å². The lowest BCUT2D eigenvalue weighted by Gasteiger charge is -1.88. The summed E-state index contributed by atoms with van der Waals surface area (Å²) >= 11 is 0. The fraction of sp³-hybridized carbons (Fsp3) is 0.500. The first-order valence-electron chi connectivity index (χ1n) is 2.66. The number of aryl methyl sites for hydroxylation is 1. The minimum Gasteiger partial charge on any atom is -0.143 e. The molecule has 9 heavy (non-hydrogen) atoms. The molecule has 1 aromatic heterocycles. The molecule has 0 bridgehead atoms. The lowest BCUT2D eigenvalue weighted by atomic mass is 9.82. The molecule has 45 valence electrons. The summed E-state index contributed by atoms with van der Waals surface area (Å²) in [4.78, 5) is 0. The summed E-state index contributed by atoms with van der Waals surface area (Å²) in [7, 11) is 1.75. The highest BCUT2D eigenvalue weighted by Gasteiger charge is 1.92. The van der Waals surface area contributed by atoms with E-state index >= 15 is 0 Å². The van der Waals surface area contributed by atoms with Crippen LogP contribution in [-0.4, -0.2) is 27.7 Å². The van der Waals surface area contributed by atoms with Crippen molar-refractivity contribution in [1.82, 2.24) is 20.4 Å². The Morgan fingerprint density at radius 2 is 1.67 bits per heavy atom. The summed E-state index contributed by atoms with van der Waals surface area (Å²) in [6, 6.07) is 0. The number of hydrogen-bond donors (Lipinski definition) is 0. The van der Waals surface area contributed by atoms with Gasteiger partial charge in [0.2, 0.25) is 7.28 Å². The first-order chi connectivity index (χ1) is 4.33. The molecule has 0 amide bonds. The van der Waals surface area contributed by atoms with Gasteiger partial charge in [-0.2, -0.15) is 0 Å². The largest absolute Gasteiger partial charge is 0.206 e. The van der Waals surface area contributed by atoms with Gasteiger partial charge in [0.05, 0.1) is 0 Å². The molecule has 0 N–H and O–H groups in total. The van der Waals surface area contributed by atoms with Crippen LogP contribution in [0, 0.1) is 6.92 Å². The Labute approximate surface area is 54.0 Å². The summed E-state index contributed by atoms with van der Waals surface area (Å²) < 4.78 is 0. The molecule has 0 fully saturated rings. The zero-order valence-electron chi connectivity index (χ0n) is 5.37. The second-order valence-corrected chi connectivity index (χ2v) is 1.59. The van der Waals surface area contributed by atoms with Gasteiger partial charge >= 0.3 is 0 Å². The third-order valence-corrected chi connectivity index (χ3v) is 0.853. The zero-order valence-corrected chi connectivity index (χ0v) is 5.37. The van der Waals surface area contributed by atoms with Crippen LogP contribution in [-0.2, 0) is 0 Å². The smallest absolute Gasteiger partial charge is 0.143 e. The first kappa shape index (κ1) is 6.13. The van der Waals surface area contributed by atoms with E-state index in [1.165, 1.54) is 0 Å². The van der Waals surface area contributed by atoms with Gasteiger partial charge in [-0.05, 0) is 6.92 Å². The maximum Gasteiger partial charge on any atom is 0.206 e. The summed E-state index contributed by atoms with van der Waals surface area (Å²) in [6.07, 6.45) is 0. The molecule has 5 heteroatoms. The Kier molecular flexibility index (Phi) is 1.72. The molecule has 0 unspecified atom stereocenters. The van der Waals surface area contributed by atoms with Crippen LogP contribution in [0.25, 0.3) is 0 Å². The second-order valence-electron chi connectivity index (χ2n) is 1.59. The Balaban J connectivity index is 2.88. The van der Waals surface area contributed by atoms with E-state index in [1.807, 2.05) is 6.82 Å². The highest BCUT2D eigenvalue weighted by Crippen LogP contribution is 1.70. The third kappa shape index (κ3) is 1.45. The molecule has 0 saturated carbocycles. The molecular weight excluding hydrogens is 115 g/mol. The lowest BCUT2D eigenvalue weighted by Crippen LogP contribution is -2.23. The number of rotatable bonds is 1. The average Bonchev–Trinajstić information content (AvgIpc) is 1.90. The van der Waals surface area contributed by atoms with Crippen LogP contribution in [0.2, 0.25) is 6.82 Å². The molecule has 0 aliphatic heterocycles. The molecule has 4 nitrogen and oxygen atoms in total. The van der Waals surface area contributed by atoms with Crippen molar-refractivity contribution in [3.63, 3.8) is 0 Å². The van der Waals surface area contributed by atoms with E-state index in [2.05, 4.69) is 20.4 Å². The first-order valence-corrected chi connectivity index (χ1v) is 2.66. The number of nitrogens with zero attached hydrogens (tertiary/aromatic N) is 4. The van der Waals surface area contributed by atoms with Gasteiger partial charge in [-0.15, -0.1) is 20.4 Å². The minimum atomic E-state index is 0.570. The summed E-state index contributed by atoms with van der Waals surface area (Å²) in [5, 5.41) is 14.8. The van der Waals surface area contributed by atoms with Crippen LogP contribution >= 0.6 is 0 Å². The van der Waals surface area contributed by atoms with Crippen LogP contribution in [0.3, 0.4) is 0 Å². The van der Waals surface area contributed by atoms with Crippen LogP contribution in [0.4, 0.5) is 0 Å². The van der Waals surface area contributed by atoms with Gasteiger partial charge in [0, 0.05) is 0 Å². The monoisotopic (exact) mass is 121 g/mol. The van der Waals surface area contributed by atoms with E-state index in [1.54, 1.807) is 14.2 Å². The van der Waals surface area contributed by atoms with Crippen LogP contribution in [0.1, 0.15) is 5.82 Å². The quantitative estimate of drug-likeness (QED) is 0.445. The van der Waals surface area contributed by atoms with Crippen LogP contribution in [0.15, 0.2) is 0 Å². The Bertz CT molecular complexity index is 184. The van der Waals surface area contributed by atoms with E-state index in [4.69, 9.17) is 0 Å². The lowest BCUT2D eigenvalue weighted by molar-refractivity contribution is 0.834. The van der Waals surface area contributed by atoms with Crippen molar-refractivity contribution in [1.29, 1.82) is 0 Å². The normalized spacial score (nSPS) is 9.11. The maximum atomic E-state index is 3.72. The third-order valence-electron chi connectivity index (χ3n) is 0.853. The molecule has 0 aliphatic rings. The van der Waals surface area contributed by atoms with E-state index in [0.717, 1.165) is 0 Å². The van der Waals surface area contributed by atoms with Gasteiger partial charge < -0.3 is 0 Å². The molecular formula is C4H6BN4. The van der Waals surface area contributed by atoms with Crippen molar-refractivity contribution in [2.45, 2.75) is 13.7 Å². The molecule has 0 aromatic carbocycles. The molecule has 0 spiro atoms. The average molecular weight is 121 g/mol. The molecule has 1 rings (SSSR count). The standard InChI is InChI=1S/C4H6BN4/c1-3-6-8-4(5-2)9-7-3/h1-2H3. The highest BCUT2D eigenvalue weighted by molar-refractivity contribution is 6.49. The van der Waals surface area contributed by atoms with Crippen molar-refractivity contribution in [2.75, 3.05) is 0 Å². The SMILES string of the molecule is C[B]c1nnc(C)nn1. The van der Waals surface area contributed by atoms with Crippen molar-refractivity contribution in [3.8, 4) is 0 Å².